The highest BCUT2D eigenvalue weighted by molar-refractivity contribution is 7.16. The topological polar surface area (TPSA) is 41.5 Å². The Labute approximate surface area is 119 Å². The first-order valence-electron chi connectivity index (χ1n) is 7.27. The molecular formula is C15H25NO2S. The van der Waals surface area contributed by atoms with Gasteiger partial charge in [-0.2, -0.15) is 0 Å². The minimum Gasteiger partial charge on any atom is -0.396 e. The summed E-state index contributed by atoms with van der Waals surface area (Å²) in [7, 11) is 0. The van der Waals surface area contributed by atoms with Crippen molar-refractivity contribution in [1.29, 1.82) is 0 Å². The summed E-state index contributed by atoms with van der Waals surface area (Å²) in [6.45, 7) is 5.25. The molecule has 1 heterocycles. The lowest BCUT2D eigenvalue weighted by Crippen LogP contribution is -2.26. The van der Waals surface area contributed by atoms with Crippen LogP contribution in [0.2, 0.25) is 0 Å². The third-order valence-electron chi connectivity index (χ3n) is 4.17. The number of anilines is 1. The van der Waals surface area contributed by atoms with Gasteiger partial charge in [-0.25, -0.2) is 0 Å². The molecule has 0 radical (unpaired) electrons. The summed E-state index contributed by atoms with van der Waals surface area (Å²) in [6.07, 6.45) is 6.82. The molecule has 19 heavy (non-hydrogen) atoms. The molecule has 1 saturated carbocycles. The Morgan fingerprint density at radius 2 is 2.16 bits per heavy atom. The van der Waals surface area contributed by atoms with Crippen LogP contribution in [0.15, 0.2) is 6.07 Å². The lowest BCUT2D eigenvalue weighted by molar-refractivity contribution is 0.0603. The van der Waals surface area contributed by atoms with Gasteiger partial charge in [-0.3, -0.25) is 10.3 Å². The van der Waals surface area contributed by atoms with Crippen LogP contribution in [0.25, 0.3) is 0 Å². The Hall–Kier alpha value is -0.580. The van der Waals surface area contributed by atoms with E-state index in [0.717, 1.165) is 17.8 Å². The lowest BCUT2D eigenvalue weighted by Gasteiger charge is -2.27. The molecule has 108 valence electrons. The van der Waals surface area contributed by atoms with Gasteiger partial charge in [-0.05, 0) is 49.7 Å². The number of thiophene rings is 1. The van der Waals surface area contributed by atoms with Gasteiger partial charge in [0.15, 0.2) is 0 Å². The van der Waals surface area contributed by atoms with Crippen molar-refractivity contribution in [1.82, 2.24) is 0 Å². The predicted molar refractivity (Wildman–Crippen MR) is 80.6 cm³/mol. The molecule has 0 spiro atoms. The second-order valence-corrected chi connectivity index (χ2v) is 6.79. The standard InChI is InChI=1S/C15H25NO2S/c1-3-13-10-12(2)14(19-13)16-18-11-15(8-9-17)6-4-5-7-15/h10,16-17H,3-9,11H2,1-2H3. The van der Waals surface area contributed by atoms with Gasteiger partial charge in [0, 0.05) is 11.5 Å². The second kappa shape index (κ2) is 6.73. The van der Waals surface area contributed by atoms with E-state index in [1.807, 2.05) is 0 Å². The second-order valence-electron chi connectivity index (χ2n) is 5.65. The van der Waals surface area contributed by atoms with E-state index in [0.29, 0.717) is 6.61 Å². The van der Waals surface area contributed by atoms with E-state index in [1.54, 1.807) is 11.3 Å². The zero-order valence-electron chi connectivity index (χ0n) is 12.0. The molecule has 4 heteroatoms. The molecule has 0 saturated heterocycles. The smallest absolute Gasteiger partial charge is 0.116 e. The summed E-state index contributed by atoms with van der Waals surface area (Å²) in [5.41, 5.74) is 4.56. The van der Waals surface area contributed by atoms with E-state index in [1.165, 1.54) is 36.1 Å². The first-order valence-corrected chi connectivity index (χ1v) is 8.09. The Morgan fingerprint density at radius 3 is 2.74 bits per heavy atom. The van der Waals surface area contributed by atoms with Gasteiger partial charge >= 0.3 is 0 Å². The van der Waals surface area contributed by atoms with Gasteiger partial charge in [-0.1, -0.05) is 19.8 Å². The van der Waals surface area contributed by atoms with Crippen LogP contribution in [0.1, 0.15) is 49.5 Å². The Kier molecular flexibility index (Phi) is 5.25. The first kappa shape index (κ1) is 14.8. The summed E-state index contributed by atoms with van der Waals surface area (Å²) in [5.74, 6) is 0. The summed E-state index contributed by atoms with van der Waals surface area (Å²) < 4.78 is 0. The maximum atomic E-state index is 9.21. The fourth-order valence-corrected chi connectivity index (χ4v) is 3.87. The van der Waals surface area contributed by atoms with E-state index < -0.39 is 0 Å². The average Bonchev–Trinajstić information content (AvgIpc) is 2.98. The van der Waals surface area contributed by atoms with Crippen LogP contribution in [0, 0.1) is 12.3 Å². The van der Waals surface area contributed by atoms with Gasteiger partial charge in [0.1, 0.15) is 5.00 Å². The van der Waals surface area contributed by atoms with Crippen LogP contribution in [0.4, 0.5) is 5.00 Å². The van der Waals surface area contributed by atoms with E-state index in [9.17, 15) is 5.11 Å². The fraction of sp³-hybridized carbons (Fsp3) is 0.733. The van der Waals surface area contributed by atoms with E-state index in [2.05, 4.69) is 25.4 Å². The predicted octanol–water partition coefficient (Wildman–Crippen LogP) is 3.91. The van der Waals surface area contributed by atoms with E-state index in [4.69, 9.17) is 4.84 Å². The third kappa shape index (κ3) is 3.71. The summed E-state index contributed by atoms with van der Waals surface area (Å²) in [6, 6.07) is 2.22. The number of hydrogen-bond donors (Lipinski definition) is 2. The van der Waals surface area contributed by atoms with Crippen LogP contribution >= 0.6 is 11.3 Å². The van der Waals surface area contributed by atoms with Crippen molar-refractivity contribution in [3.05, 3.63) is 16.5 Å². The van der Waals surface area contributed by atoms with Gasteiger partial charge < -0.3 is 5.11 Å². The fourth-order valence-electron chi connectivity index (χ4n) is 2.91. The van der Waals surface area contributed by atoms with Crippen LogP contribution in [0.5, 0.6) is 0 Å². The number of hydrogen-bond acceptors (Lipinski definition) is 4. The third-order valence-corrected chi connectivity index (χ3v) is 5.44. The highest BCUT2D eigenvalue weighted by atomic mass is 32.1. The molecule has 1 aliphatic carbocycles. The highest BCUT2D eigenvalue weighted by Gasteiger charge is 2.33. The Bertz CT molecular complexity index is 397. The monoisotopic (exact) mass is 283 g/mol. The van der Waals surface area contributed by atoms with Crippen molar-refractivity contribution in [2.75, 3.05) is 18.7 Å². The number of rotatable bonds is 7. The molecule has 3 nitrogen and oxygen atoms in total. The van der Waals surface area contributed by atoms with Crippen molar-refractivity contribution >= 4 is 16.3 Å². The van der Waals surface area contributed by atoms with Gasteiger partial charge in [0.05, 0.1) is 6.61 Å². The molecular weight excluding hydrogens is 258 g/mol. The minimum absolute atomic E-state index is 0.195. The van der Waals surface area contributed by atoms with Crippen LogP contribution in [-0.4, -0.2) is 18.3 Å². The zero-order chi connectivity index (χ0) is 13.7. The van der Waals surface area contributed by atoms with Crippen molar-refractivity contribution < 1.29 is 9.94 Å². The number of nitrogens with one attached hydrogen (secondary N) is 1. The van der Waals surface area contributed by atoms with Crippen LogP contribution in [-0.2, 0) is 11.3 Å². The maximum absolute atomic E-state index is 9.21. The molecule has 0 atom stereocenters. The summed E-state index contributed by atoms with van der Waals surface area (Å²) >= 11 is 1.77. The average molecular weight is 283 g/mol. The summed E-state index contributed by atoms with van der Waals surface area (Å²) in [5, 5.41) is 10.3. The van der Waals surface area contributed by atoms with E-state index in [-0.39, 0.29) is 12.0 Å². The Balaban J connectivity index is 1.86. The zero-order valence-corrected chi connectivity index (χ0v) is 12.8. The number of aliphatic hydroxyl groups excluding tert-OH is 1. The highest BCUT2D eigenvalue weighted by Crippen LogP contribution is 2.41. The lowest BCUT2D eigenvalue weighted by atomic mass is 9.84. The normalized spacial score (nSPS) is 17.8. The summed E-state index contributed by atoms with van der Waals surface area (Å²) in [4.78, 5) is 7.13. The minimum atomic E-state index is 0.195. The molecule has 2 rings (SSSR count). The molecule has 1 aromatic heterocycles. The SMILES string of the molecule is CCc1cc(C)c(NOCC2(CCO)CCCC2)s1. The number of aryl methyl sites for hydroxylation is 2. The van der Waals surface area contributed by atoms with Gasteiger partial charge in [0.25, 0.3) is 0 Å². The van der Waals surface area contributed by atoms with E-state index >= 15 is 0 Å². The van der Waals surface area contributed by atoms with Crippen LogP contribution in [0.3, 0.4) is 0 Å². The molecule has 0 aliphatic heterocycles. The van der Waals surface area contributed by atoms with Crippen molar-refractivity contribution in [3.63, 3.8) is 0 Å². The van der Waals surface area contributed by atoms with Crippen LogP contribution < -0.4 is 5.48 Å². The quantitative estimate of drug-likeness (QED) is 0.746. The van der Waals surface area contributed by atoms with Gasteiger partial charge in [-0.15, -0.1) is 11.3 Å². The van der Waals surface area contributed by atoms with Crippen molar-refractivity contribution in [3.8, 4) is 0 Å². The van der Waals surface area contributed by atoms with Crippen molar-refractivity contribution in [2.24, 2.45) is 5.41 Å². The number of aliphatic hydroxyl groups is 1. The molecule has 1 aromatic rings. The van der Waals surface area contributed by atoms with Gasteiger partial charge in [0.2, 0.25) is 0 Å². The molecule has 1 fully saturated rings. The molecule has 0 bridgehead atoms. The van der Waals surface area contributed by atoms with Crippen molar-refractivity contribution in [2.45, 2.75) is 52.4 Å². The molecule has 0 amide bonds. The first-order chi connectivity index (χ1) is 9.19. The molecule has 2 N–H and O–H groups in total. The Morgan fingerprint density at radius 1 is 1.42 bits per heavy atom. The maximum Gasteiger partial charge on any atom is 0.116 e. The molecule has 0 unspecified atom stereocenters. The molecule has 0 aromatic carbocycles. The largest absolute Gasteiger partial charge is 0.396 e. The molecule has 1 aliphatic rings.